The smallest absolute Gasteiger partial charge is 0.0597 e. The Morgan fingerprint density at radius 1 is 1.30 bits per heavy atom. The van der Waals surface area contributed by atoms with Crippen LogP contribution >= 0.6 is 15.9 Å². The van der Waals surface area contributed by atoms with Crippen LogP contribution in [-0.4, -0.2) is 29.8 Å². The Kier molecular flexibility index (Phi) is 5.58. The van der Waals surface area contributed by atoms with Gasteiger partial charge in [-0.05, 0) is 54.4 Å². The Labute approximate surface area is 130 Å². The molecule has 3 nitrogen and oxygen atoms in total. The average molecular weight is 341 g/mol. The van der Waals surface area contributed by atoms with Crippen LogP contribution in [-0.2, 0) is 11.2 Å². The first-order valence-electron chi connectivity index (χ1n) is 7.52. The molecule has 0 radical (unpaired) electrons. The topological polar surface area (TPSA) is 34.2 Å². The fraction of sp³-hybridized carbons (Fsp3) is 0.688. The zero-order valence-corrected chi connectivity index (χ0v) is 14.4. The number of rotatable bonds is 5. The number of likely N-dealkylation sites (N-methyl/N-ethyl adjacent to an activating group) is 1. The second-order valence-electron chi connectivity index (χ2n) is 5.82. The molecule has 1 aliphatic heterocycles. The number of nitrogens with zero attached hydrogens (tertiary/aromatic N) is 1. The molecule has 1 aromatic rings. The summed E-state index contributed by atoms with van der Waals surface area (Å²) in [7, 11) is 0. The molecule has 1 aromatic heterocycles. The van der Waals surface area contributed by atoms with E-state index in [-0.39, 0.29) is 0 Å². The number of aromatic nitrogens is 1. The number of nitrogens with one attached hydrogen (secondary N) is 1. The molecule has 0 saturated carbocycles. The van der Waals surface area contributed by atoms with Crippen molar-refractivity contribution in [2.75, 3.05) is 6.54 Å². The van der Waals surface area contributed by atoms with E-state index < -0.39 is 0 Å². The molecule has 5 unspecified atom stereocenters. The highest BCUT2D eigenvalue weighted by atomic mass is 79.9. The maximum Gasteiger partial charge on any atom is 0.0597 e. The molecule has 1 N–H and O–H groups in total. The summed E-state index contributed by atoms with van der Waals surface area (Å²) in [5, 5.41) is 3.64. The number of ether oxygens (including phenoxy) is 1. The third-order valence-electron chi connectivity index (χ3n) is 4.47. The Morgan fingerprint density at radius 3 is 2.55 bits per heavy atom. The van der Waals surface area contributed by atoms with Gasteiger partial charge in [0.15, 0.2) is 0 Å². The van der Waals surface area contributed by atoms with Crippen LogP contribution in [0.25, 0.3) is 0 Å². The highest BCUT2D eigenvalue weighted by Gasteiger charge is 2.41. The first-order valence-corrected chi connectivity index (χ1v) is 8.31. The van der Waals surface area contributed by atoms with Gasteiger partial charge < -0.3 is 10.1 Å². The maximum absolute atomic E-state index is 6.00. The van der Waals surface area contributed by atoms with Gasteiger partial charge in [0.25, 0.3) is 0 Å². The van der Waals surface area contributed by atoms with Crippen molar-refractivity contribution in [3.8, 4) is 0 Å². The molecule has 2 heterocycles. The molecule has 0 bridgehead atoms. The second kappa shape index (κ2) is 7.01. The molecule has 2 rings (SSSR count). The monoisotopic (exact) mass is 340 g/mol. The van der Waals surface area contributed by atoms with Crippen molar-refractivity contribution in [2.45, 2.75) is 52.4 Å². The zero-order valence-electron chi connectivity index (χ0n) is 12.8. The number of hydrogen-bond acceptors (Lipinski definition) is 3. The molecule has 5 atom stereocenters. The van der Waals surface area contributed by atoms with E-state index in [1.165, 1.54) is 0 Å². The van der Waals surface area contributed by atoms with Crippen molar-refractivity contribution in [1.29, 1.82) is 0 Å². The average Bonchev–Trinajstić information content (AvgIpc) is 2.66. The van der Waals surface area contributed by atoms with Gasteiger partial charge in [-0.2, -0.15) is 0 Å². The van der Waals surface area contributed by atoms with Crippen molar-refractivity contribution < 1.29 is 4.74 Å². The summed E-state index contributed by atoms with van der Waals surface area (Å²) in [6, 6.07) is 4.58. The summed E-state index contributed by atoms with van der Waals surface area (Å²) >= 11 is 3.44. The predicted molar refractivity (Wildman–Crippen MR) is 85.8 cm³/mol. The lowest BCUT2D eigenvalue weighted by molar-refractivity contribution is 0.0476. The predicted octanol–water partition coefficient (Wildman–Crippen LogP) is 3.42. The maximum atomic E-state index is 6.00. The zero-order chi connectivity index (χ0) is 14.7. The van der Waals surface area contributed by atoms with Crippen molar-refractivity contribution in [3.05, 3.63) is 28.5 Å². The van der Waals surface area contributed by atoms with Gasteiger partial charge in [0, 0.05) is 34.7 Å². The van der Waals surface area contributed by atoms with E-state index in [0.29, 0.717) is 30.1 Å². The van der Waals surface area contributed by atoms with E-state index in [0.717, 1.165) is 23.1 Å². The largest absolute Gasteiger partial charge is 0.375 e. The Bertz CT molecular complexity index is 423. The quantitative estimate of drug-likeness (QED) is 0.891. The summed E-state index contributed by atoms with van der Waals surface area (Å²) in [6.45, 7) is 9.83. The van der Waals surface area contributed by atoms with Gasteiger partial charge in [-0.1, -0.05) is 13.8 Å². The van der Waals surface area contributed by atoms with E-state index in [1.807, 2.05) is 6.20 Å². The molecule has 1 fully saturated rings. The Balaban J connectivity index is 2.12. The SMILES string of the molecule is CCNC(Cc1ccc(Br)cn1)C1C(C)OC(C)C1C. The summed E-state index contributed by atoms with van der Waals surface area (Å²) in [4.78, 5) is 4.51. The summed E-state index contributed by atoms with van der Waals surface area (Å²) < 4.78 is 7.03. The van der Waals surface area contributed by atoms with E-state index >= 15 is 0 Å². The molecule has 0 aromatic carbocycles. The Hall–Kier alpha value is -0.450. The minimum atomic E-state index is 0.305. The summed E-state index contributed by atoms with van der Waals surface area (Å²) in [5.41, 5.74) is 1.14. The molecular formula is C16H25BrN2O. The fourth-order valence-electron chi connectivity index (χ4n) is 3.35. The minimum absolute atomic E-state index is 0.305. The van der Waals surface area contributed by atoms with E-state index in [9.17, 15) is 0 Å². The minimum Gasteiger partial charge on any atom is -0.375 e. The highest BCUT2D eigenvalue weighted by Crippen LogP contribution is 2.35. The van der Waals surface area contributed by atoms with E-state index in [2.05, 4.69) is 66.1 Å². The number of hydrogen-bond donors (Lipinski definition) is 1. The van der Waals surface area contributed by atoms with Crippen LogP contribution in [0.15, 0.2) is 22.8 Å². The Morgan fingerprint density at radius 2 is 2.05 bits per heavy atom. The lowest BCUT2D eigenvalue weighted by Crippen LogP contribution is -2.43. The van der Waals surface area contributed by atoms with Gasteiger partial charge in [0.2, 0.25) is 0 Å². The normalized spacial score (nSPS) is 31.4. The van der Waals surface area contributed by atoms with Crippen molar-refractivity contribution in [1.82, 2.24) is 10.3 Å². The molecule has 0 amide bonds. The van der Waals surface area contributed by atoms with Crippen LogP contribution < -0.4 is 5.32 Å². The van der Waals surface area contributed by atoms with Crippen molar-refractivity contribution in [3.63, 3.8) is 0 Å². The molecule has 1 saturated heterocycles. The molecule has 0 spiro atoms. The fourth-order valence-corrected chi connectivity index (χ4v) is 3.58. The van der Waals surface area contributed by atoms with Crippen LogP contribution in [0.3, 0.4) is 0 Å². The molecule has 112 valence electrons. The van der Waals surface area contributed by atoms with Crippen LogP contribution in [0.4, 0.5) is 0 Å². The first-order chi connectivity index (χ1) is 9.52. The molecule has 1 aliphatic rings. The molecule has 0 aliphatic carbocycles. The lowest BCUT2D eigenvalue weighted by Gasteiger charge is -2.29. The molecular weight excluding hydrogens is 316 g/mol. The van der Waals surface area contributed by atoms with Crippen LogP contribution in [0.1, 0.15) is 33.4 Å². The highest BCUT2D eigenvalue weighted by molar-refractivity contribution is 9.10. The standard InChI is InChI=1S/C16H25BrN2O/c1-5-18-15(8-14-7-6-13(17)9-19-14)16-10(2)11(3)20-12(16)4/h6-7,9-12,15-16,18H,5,8H2,1-4H3. The van der Waals surface area contributed by atoms with Crippen LogP contribution in [0, 0.1) is 11.8 Å². The third-order valence-corrected chi connectivity index (χ3v) is 4.94. The summed E-state index contributed by atoms with van der Waals surface area (Å²) in [6.07, 6.45) is 3.48. The van der Waals surface area contributed by atoms with E-state index in [4.69, 9.17) is 4.74 Å². The second-order valence-corrected chi connectivity index (χ2v) is 6.73. The van der Waals surface area contributed by atoms with Crippen LogP contribution in [0.5, 0.6) is 0 Å². The van der Waals surface area contributed by atoms with Gasteiger partial charge in [-0.15, -0.1) is 0 Å². The van der Waals surface area contributed by atoms with Gasteiger partial charge in [-0.25, -0.2) is 0 Å². The van der Waals surface area contributed by atoms with E-state index in [1.54, 1.807) is 0 Å². The van der Waals surface area contributed by atoms with Gasteiger partial charge >= 0.3 is 0 Å². The van der Waals surface area contributed by atoms with Crippen molar-refractivity contribution in [2.24, 2.45) is 11.8 Å². The van der Waals surface area contributed by atoms with Crippen LogP contribution in [0.2, 0.25) is 0 Å². The molecule has 4 heteroatoms. The number of halogens is 1. The summed E-state index contributed by atoms with van der Waals surface area (Å²) in [5.74, 6) is 1.11. The molecule has 20 heavy (non-hydrogen) atoms. The number of pyridine rings is 1. The van der Waals surface area contributed by atoms with Crippen molar-refractivity contribution >= 4 is 15.9 Å². The van der Waals surface area contributed by atoms with Gasteiger partial charge in [0.1, 0.15) is 0 Å². The first kappa shape index (κ1) is 15.9. The lowest BCUT2D eigenvalue weighted by atomic mass is 9.81. The van der Waals surface area contributed by atoms with Gasteiger partial charge in [-0.3, -0.25) is 4.98 Å². The van der Waals surface area contributed by atoms with Gasteiger partial charge in [0.05, 0.1) is 12.2 Å². The third kappa shape index (κ3) is 3.60.